The Hall–Kier alpha value is -3.52. The van der Waals surface area contributed by atoms with Crippen LogP contribution < -0.4 is 10.5 Å². The van der Waals surface area contributed by atoms with E-state index in [1.807, 2.05) is 5.32 Å². The summed E-state index contributed by atoms with van der Waals surface area (Å²) in [7, 11) is -4.17. The smallest absolute Gasteiger partial charge is 0.418 e. The summed E-state index contributed by atoms with van der Waals surface area (Å²) in [5.41, 5.74) is -2.61. The molecule has 0 aliphatic rings. The van der Waals surface area contributed by atoms with E-state index in [1.54, 1.807) is 0 Å². The maximum absolute atomic E-state index is 13.3. The topological polar surface area (TPSA) is 159 Å². The second kappa shape index (κ2) is 9.15. The number of halogens is 3. The third kappa shape index (κ3) is 6.04. The zero-order valence-electron chi connectivity index (χ0n) is 17.4. The van der Waals surface area contributed by atoms with E-state index >= 15 is 0 Å². The van der Waals surface area contributed by atoms with Crippen molar-refractivity contribution in [2.45, 2.75) is 37.9 Å². The van der Waals surface area contributed by atoms with E-state index in [-0.39, 0.29) is 16.5 Å². The minimum atomic E-state index is -5.02. The lowest BCUT2D eigenvalue weighted by Crippen LogP contribution is -2.31. The van der Waals surface area contributed by atoms with Gasteiger partial charge in [0, 0.05) is 12.1 Å². The zero-order chi connectivity index (χ0) is 25.3. The second-order valence-electron chi connectivity index (χ2n) is 6.98. The second-order valence-corrected chi connectivity index (χ2v) is 8.51. The average Bonchev–Trinajstić information content (AvgIpc) is 2.68. The monoisotopic (exact) mass is 489 g/mol. The Balaban J connectivity index is 2.27. The Morgan fingerprint density at radius 2 is 1.79 bits per heavy atom. The molecule has 0 spiro atoms. The Labute approximate surface area is 185 Å². The van der Waals surface area contributed by atoms with Gasteiger partial charge in [-0.15, -0.1) is 0 Å². The molecule has 0 fully saturated rings. The lowest BCUT2D eigenvalue weighted by Gasteiger charge is -2.17. The summed E-state index contributed by atoms with van der Waals surface area (Å²) in [6.45, 7) is 4.07. The van der Waals surface area contributed by atoms with Crippen LogP contribution in [0.15, 0.2) is 35.2 Å². The molecule has 0 bridgehead atoms. The van der Waals surface area contributed by atoms with Crippen molar-refractivity contribution < 1.29 is 40.8 Å². The normalized spacial score (nSPS) is 12.7. The van der Waals surface area contributed by atoms with E-state index in [0.717, 1.165) is 19.1 Å². The number of anilines is 1. The number of non-ortho nitro benzene ring substituents is 1. The molecule has 1 amide bonds. The Morgan fingerprint density at radius 3 is 2.30 bits per heavy atom. The highest BCUT2D eigenvalue weighted by Crippen LogP contribution is 2.37. The van der Waals surface area contributed by atoms with Gasteiger partial charge in [0.25, 0.3) is 11.6 Å². The molecular formula is C19H18F3N3O7S. The fraction of sp³-hybridized carbons (Fsp3) is 0.263. The van der Waals surface area contributed by atoms with E-state index < -0.39 is 56.0 Å². The summed E-state index contributed by atoms with van der Waals surface area (Å²) in [6.07, 6.45) is -6.62. The van der Waals surface area contributed by atoms with Crippen LogP contribution in [0.3, 0.4) is 0 Å². The van der Waals surface area contributed by atoms with E-state index in [9.17, 15) is 41.3 Å². The number of nitro groups is 1. The maximum atomic E-state index is 13.3. The number of carbonyl (C=O) groups is 2. The summed E-state index contributed by atoms with van der Waals surface area (Å²) < 4.78 is 68.2. The van der Waals surface area contributed by atoms with Crippen LogP contribution in [0.1, 0.15) is 34.0 Å². The van der Waals surface area contributed by atoms with E-state index in [4.69, 9.17) is 9.88 Å². The number of nitrogens with zero attached hydrogens (tertiary/aromatic N) is 1. The number of nitrogens with two attached hydrogens (primary N) is 1. The molecule has 2 aromatic rings. The summed E-state index contributed by atoms with van der Waals surface area (Å²) in [5.74, 6) is -2.27. The quantitative estimate of drug-likeness (QED) is 0.358. The Kier molecular flexibility index (Phi) is 7.14. The molecule has 0 heterocycles. The molecule has 2 aromatic carbocycles. The number of aryl methyl sites for hydroxylation is 1. The van der Waals surface area contributed by atoms with Gasteiger partial charge in [-0.05, 0) is 50.1 Å². The predicted molar refractivity (Wildman–Crippen MR) is 109 cm³/mol. The van der Waals surface area contributed by atoms with Gasteiger partial charge in [0.15, 0.2) is 6.10 Å². The van der Waals surface area contributed by atoms with E-state index in [2.05, 4.69) is 0 Å². The van der Waals surface area contributed by atoms with Gasteiger partial charge < -0.3 is 10.1 Å². The van der Waals surface area contributed by atoms with Gasteiger partial charge in [0.05, 0.1) is 26.6 Å². The van der Waals surface area contributed by atoms with Crippen LogP contribution in [-0.2, 0) is 25.7 Å². The molecule has 178 valence electrons. The fourth-order valence-electron chi connectivity index (χ4n) is 2.75. The third-order valence-electron chi connectivity index (χ3n) is 4.59. The van der Waals surface area contributed by atoms with Gasteiger partial charge in [-0.25, -0.2) is 18.4 Å². The molecule has 0 radical (unpaired) electrons. The number of amides is 1. The summed E-state index contributed by atoms with van der Waals surface area (Å²) in [6, 6.07) is 3.99. The van der Waals surface area contributed by atoms with Crippen molar-refractivity contribution in [3.8, 4) is 0 Å². The Bertz CT molecular complexity index is 1240. The molecule has 3 N–H and O–H groups in total. The molecule has 10 nitrogen and oxygen atoms in total. The third-order valence-corrected chi connectivity index (χ3v) is 5.63. The van der Waals surface area contributed by atoms with Crippen LogP contribution in [0, 0.1) is 24.0 Å². The van der Waals surface area contributed by atoms with Crippen molar-refractivity contribution >= 4 is 33.3 Å². The number of rotatable bonds is 6. The van der Waals surface area contributed by atoms with Gasteiger partial charge in [0.1, 0.15) is 0 Å². The number of ether oxygens (including phenoxy) is 1. The molecule has 0 aliphatic carbocycles. The number of alkyl halides is 3. The summed E-state index contributed by atoms with van der Waals surface area (Å²) in [5, 5.41) is 17.8. The summed E-state index contributed by atoms with van der Waals surface area (Å²) >= 11 is 0. The highest BCUT2D eigenvalue weighted by Gasteiger charge is 2.36. The number of hydrogen-bond donors (Lipinski definition) is 2. The molecule has 2 rings (SSSR count). The van der Waals surface area contributed by atoms with Crippen LogP contribution in [0.5, 0.6) is 0 Å². The number of nitrogens with one attached hydrogen (secondary N) is 1. The van der Waals surface area contributed by atoms with Crippen LogP contribution in [-0.4, -0.2) is 31.3 Å². The SMILES string of the molecule is Cc1cc(C(=O)OC(C)C(=O)Nc2ccc([N+](=O)[O-])cc2C(F)(F)F)cc(S(N)(=O)=O)c1C. The molecule has 0 saturated carbocycles. The number of primary sulfonamides is 1. The standard InChI is InChI=1S/C19H18F3N3O7S/c1-9-6-12(7-16(10(9)2)33(23,30)31)18(27)32-11(3)17(26)24-15-5-4-13(25(28)29)8-14(15)19(20,21)22/h4-8,11H,1-3H3,(H,24,26)(H2,23,30,31). The Morgan fingerprint density at radius 1 is 1.18 bits per heavy atom. The lowest BCUT2D eigenvalue weighted by molar-refractivity contribution is -0.385. The summed E-state index contributed by atoms with van der Waals surface area (Å²) in [4.78, 5) is 34.1. The van der Waals surface area contributed by atoms with Gasteiger partial charge in [-0.2, -0.15) is 13.2 Å². The minimum absolute atomic E-state index is 0.243. The first-order valence-electron chi connectivity index (χ1n) is 9.04. The van der Waals surface area contributed by atoms with Crippen molar-refractivity contribution in [2.24, 2.45) is 5.14 Å². The predicted octanol–water partition coefficient (Wildman–Crippen LogP) is 3.06. The van der Waals surface area contributed by atoms with E-state index in [0.29, 0.717) is 17.2 Å². The molecule has 1 unspecified atom stereocenters. The highest BCUT2D eigenvalue weighted by molar-refractivity contribution is 7.89. The van der Waals surface area contributed by atoms with Crippen LogP contribution >= 0.6 is 0 Å². The molecule has 0 saturated heterocycles. The number of carbonyl (C=O) groups excluding carboxylic acids is 2. The highest BCUT2D eigenvalue weighted by atomic mass is 32.2. The molecule has 33 heavy (non-hydrogen) atoms. The van der Waals surface area contributed by atoms with Crippen molar-refractivity contribution in [2.75, 3.05) is 5.32 Å². The minimum Gasteiger partial charge on any atom is -0.449 e. The molecule has 0 aromatic heterocycles. The van der Waals surface area contributed by atoms with Crippen LogP contribution in [0.2, 0.25) is 0 Å². The maximum Gasteiger partial charge on any atom is 0.418 e. The van der Waals surface area contributed by atoms with Gasteiger partial charge in [-0.3, -0.25) is 14.9 Å². The number of hydrogen-bond acceptors (Lipinski definition) is 7. The number of esters is 1. The van der Waals surface area contributed by atoms with Crippen molar-refractivity contribution in [3.05, 3.63) is 62.7 Å². The van der Waals surface area contributed by atoms with Crippen molar-refractivity contribution in [1.82, 2.24) is 0 Å². The first-order chi connectivity index (χ1) is 15.0. The first-order valence-corrected chi connectivity index (χ1v) is 10.6. The lowest BCUT2D eigenvalue weighted by atomic mass is 10.1. The van der Waals surface area contributed by atoms with E-state index in [1.165, 1.54) is 19.9 Å². The molecule has 14 heteroatoms. The van der Waals surface area contributed by atoms with Crippen molar-refractivity contribution in [1.29, 1.82) is 0 Å². The van der Waals surface area contributed by atoms with Crippen molar-refractivity contribution in [3.63, 3.8) is 0 Å². The largest absolute Gasteiger partial charge is 0.449 e. The average molecular weight is 489 g/mol. The number of benzene rings is 2. The fourth-order valence-corrected chi connectivity index (χ4v) is 3.63. The first kappa shape index (κ1) is 25.7. The van der Waals surface area contributed by atoms with Gasteiger partial charge in [0.2, 0.25) is 10.0 Å². The van der Waals surface area contributed by atoms with Crippen LogP contribution in [0.4, 0.5) is 24.5 Å². The molecular weight excluding hydrogens is 471 g/mol. The number of sulfonamides is 1. The molecule has 0 aliphatic heterocycles. The number of nitro benzene ring substituents is 1. The van der Waals surface area contributed by atoms with Gasteiger partial charge in [-0.1, -0.05) is 0 Å². The van der Waals surface area contributed by atoms with Crippen LogP contribution in [0.25, 0.3) is 0 Å². The zero-order valence-corrected chi connectivity index (χ0v) is 18.2. The van der Waals surface area contributed by atoms with Gasteiger partial charge >= 0.3 is 12.1 Å². The molecule has 1 atom stereocenters.